The topological polar surface area (TPSA) is 15.3 Å². The van der Waals surface area contributed by atoms with E-state index >= 15 is 0 Å². The van der Waals surface area contributed by atoms with E-state index in [1.54, 1.807) is 0 Å². The zero-order valence-corrected chi connectivity index (χ0v) is 14.4. The van der Waals surface area contributed by atoms with Crippen molar-refractivity contribution in [3.05, 3.63) is 0 Å². The van der Waals surface area contributed by atoms with Gasteiger partial charge >= 0.3 is 0 Å². The molecule has 0 radical (unpaired) electrons. The average molecular weight is 280 g/mol. The highest BCUT2D eigenvalue weighted by atomic mass is 15.2. The minimum atomic E-state index is 0.549. The van der Waals surface area contributed by atoms with Crippen LogP contribution in [0, 0.1) is 23.2 Å². The lowest BCUT2D eigenvalue weighted by Gasteiger charge is -2.42. The SMILES string of the molecule is CCNC1CCC(C)(C)CC1CN1CCC(C(C)C)C1. The van der Waals surface area contributed by atoms with Gasteiger partial charge in [-0.15, -0.1) is 0 Å². The van der Waals surface area contributed by atoms with Crippen LogP contribution in [0.3, 0.4) is 0 Å². The van der Waals surface area contributed by atoms with Gasteiger partial charge in [0.1, 0.15) is 0 Å². The second kappa shape index (κ2) is 6.79. The monoisotopic (exact) mass is 280 g/mol. The summed E-state index contributed by atoms with van der Waals surface area (Å²) in [6, 6.07) is 0.756. The van der Waals surface area contributed by atoms with Gasteiger partial charge in [0.15, 0.2) is 0 Å². The summed E-state index contributed by atoms with van der Waals surface area (Å²) >= 11 is 0. The van der Waals surface area contributed by atoms with Crippen molar-refractivity contribution >= 4 is 0 Å². The molecule has 0 aromatic rings. The molecule has 1 N–H and O–H groups in total. The molecule has 1 aliphatic carbocycles. The van der Waals surface area contributed by atoms with Crippen molar-refractivity contribution in [2.45, 2.75) is 66.3 Å². The molecule has 2 aliphatic rings. The number of nitrogens with zero attached hydrogens (tertiary/aromatic N) is 1. The Morgan fingerprint density at radius 3 is 2.60 bits per heavy atom. The fourth-order valence-corrected chi connectivity index (χ4v) is 4.36. The summed E-state index contributed by atoms with van der Waals surface area (Å²) < 4.78 is 0. The Hall–Kier alpha value is -0.0800. The Morgan fingerprint density at radius 1 is 1.25 bits per heavy atom. The van der Waals surface area contributed by atoms with Crippen molar-refractivity contribution in [3.8, 4) is 0 Å². The third kappa shape index (κ3) is 4.21. The van der Waals surface area contributed by atoms with E-state index < -0.39 is 0 Å². The summed E-state index contributed by atoms with van der Waals surface area (Å²) in [7, 11) is 0. The summed E-state index contributed by atoms with van der Waals surface area (Å²) in [6.45, 7) is 17.1. The molecule has 0 amide bonds. The van der Waals surface area contributed by atoms with Crippen molar-refractivity contribution < 1.29 is 0 Å². The normalized spacial score (nSPS) is 34.8. The largest absolute Gasteiger partial charge is 0.314 e. The molecular weight excluding hydrogens is 244 g/mol. The third-order valence-corrected chi connectivity index (χ3v) is 5.73. The molecule has 0 spiro atoms. The van der Waals surface area contributed by atoms with Crippen molar-refractivity contribution in [1.82, 2.24) is 10.2 Å². The highest BCUT2D eigenvalue weighted by Crippen LogP contribution is 2.39. The van der Waals surface area contributed by atoms with E-state index in [9.17, 15) is 0 Å². The second-order valence-electron chi connectivity index (χ2n) is 8.38. The Labute approximate surface area is 126 Å². The molecule has 1 aliphatic heterocycles. The molecule has 118 valence electrons. The Morgan fingerprint density at radius 2 is 2.00 bits per heavy atom. The maximum absolute atomic E-state index is 3.75. The first-order valence-corrected chi connectivity index (χ1v) is 8.87. The number of nitrogens with one attached hydrogen (secondary N) is 1. The van der Waals surface area contributed by atoms with Gasteiger partial charge in [0.2, 0.25) is 0 Å². The fraction of sp³-hybridized carbons (Fsp3) is 1.00. The highest BCUT2D eigenvalue weighted by molar-refractivity contribution is 4.91. The van der Waals surface area contributed by atoms with Gasteiger partial charge in [-0.25, -0.2) is 0 Å². The smallest absolute Gasteiger partial charge is 0.0108 e. The van der Waals surface area contributed by atoms with Crippen molar-refractivity contribution in [2.24, 2.45) is 23.2 Å². The lowest BCUT2D eigenvalue weighted by Crippen LogP contribution is -2.47. The van der Waals surface area contributed by atoms with Crippen molar-refractivity contribution in [2.75, 3.05) is 26.2 Å². The van der Waals surface area contributed by atoms with Gasteiger partial charge < -0.3 is 10.2 Å². The zero-order chi connectivity index (χ0) is 14.8. The third-order valence-electron chi connectivity index (χ3n) is 5.73. The van der Waals surface area contributed by atoms with Gasteiger partial charge in [-0.05, 0) is 61.9 Å². The molecule has 1 saturated carbocycles. The standard InChI is InChI=1S/C18H36N2/c1-6-19-17-7-9-18(4,5)11-16(17)13-20-10-8-15(12-20)14(2)3/h14-17,19H,6-13H2,1-5H3. The first-order valence-electron chi connectivity index (χ1n) is 8.87. The summed E-state index contributed by atoms with van der Waals surface area (Å²) in [6.07, 6.45) is 5.57. The number of rotatable bonds is 5. The van der Waals surface area contributed by atoms with Gasteiger partial charge in [0.05, 0.1) is 0 Å². The van der Waals surface area contributed by atoms with E-state index in [2.05, 4.69) is 44.8 Å². The molecule has 2 fully saturated rings. The van der Waals surface area contributed by atoms with E-state index in [0.717, 1.165) is 30.3 Å². The predicted molar refractivity (Wildman–Crippen MR) is 88.0 cm³/mol. The lowest BCUT2D eigenvalue weighted by molar-refractivity contribution is 0.107. The minimum absolute atomic E-state index is 0.549. The number of likely N-dealkylation sites (tertiary alicyclic amines) is 1. The van der Waals surface area contributed by atoms with Crippen LogP contribution in [0.15, 0.2) is 0 Å². The van der Waals surface area contributed by atoms with Crippen LogP contribution < -0.4 is 5.32 Å². The van der Waals surface area contributed by atoms with Gasteiger partial charge in [-0.2, -0.15) is 0 Å². The molecule has 1 saturated heterocycles. The van der Waals surface area contributed by atoms with Crippen LogP contribution in [-0.2, 0) is 0 Å². The highest BCUT2D eigenvalue weighted by Gasteiger charge is 2.36. The quantitative estimate of drug-likeness (QED) is 0.824. The molecule has 1 heterocycles. The Bertz CT molecular complexity index is 298. The van der Waals surface area contributed by atoms with E-state index in [0.29, 0.717) is 5.41 Å². The van der Waals surface area contributed by atoms with Crippen LogP contribution in [0.2, 0.25) is 0 Å². The average Bonchev–Trinajstić information content (AvgIpc) is 2.81. The summed E-state index contributed by atoms with van der Waals surface area (Å²) in [5, 5.41) is 3.75. The molecule has 2 heteroatoms. The van der Waals surface area contributed by atoms with Crippen LogP contribution >= 0.6 is 0 Å². The van der Waals surface area contributed by atoms with Crippen LogP contribution in [0.25, 0.3) is 0 Å². The van der Waals surface area contributed by atoms with E-state index in [4.69, 9.17) is 0 Å². The lowest BCUT2D eigenvalue weighted by atomic mass is 9.69. The summed E-state index contributed by atoms with van der Waals surface area (Å²) in [5.41, 5.74) is 0.549. The van der Waals surface area contributed by atoms with Crippen LogP contribution in [-0.4, -0.2) is 37.1 Å². The second-order valence-corrected chi connectivity index (χ2v) is 8.38. The first-order chi connectivity index (χ1) is 9.41. The van der Waals surface area contributed by atoms with Crippen LogP contribution in [0.5, 0.6) is 0 Å². The molecule has 3 unspecified atom stereocenters. The van der Waals surface area contributed by atoms with E-state index in [1.165, 1.54) is 45.3 Å². The molecule has 20 heavy (non-hydrogen) atoms. The first kappa shape index (κ1) is 16.3. The molecular formula is C18H36N2. The minimum Gasteiger partial charge on any atom is -0.314 e. The Kier molecular flexibility index (Phi) is 5.53. The summed E-state index contributed by atoms with van der Waals surface area (Å²) in [5.74, 6) is 2.64. The maximum atomic E-state index is 3.75. The molecule has 2 rings (SSSR count). The number of hydrogen-bond donors (Lipinski definition) is 1. The molecule has 0 aromatic carbocycles. The van der Waals surface area contributed by atoms with E-state index in [-0.39, 0.29) is 0 Å². The Balaban J connectivity index is 1.91. The van der Waals surface area contributed by atoms with Crippen molar-refractivity contribution in [3.63, 3.8) is 0 Å². The van der Waals surface area contributed by atoms with Gasteiger partial charge in [0.25, 0.3) is 0 Å². The van der Waals surface area contributed by atoms with Gasteiger partial charge in [-0.1, -0.05) is 34.6 Å². The van der Waals surface area contributed by atoms with E-state index in [1.807, 2.05) is 0 Å². The van der Waals surface area contributed by atoms with Crippen LogP contribution in [0.4, 0.5) is 0 Å². The molecule has 2 nitrogen and oxygen atoms in total. The van der Waals surface area contributed by atoms with Crippen LogP contribution in [0.1, 0.15) is 60.3 Å². The predicted octanol–water partition coefficient (Wildman–Crippen LogP) is 3.77. The van der Waals surface area contributed by atoms with Gasteiger partial charge in [-0.3, -0.25) is 0 Å². The maximum Gasteiger partial charge on any atom is 0.0108 e. The molecule has 0 aromatic heterocycles. The van der Waals surface area contributed by atoms with Gasteiger partial charge in [0, 0.05) is 19.1 Å². The number of hydrogen-bond acceptors (Lipinski definition) is 2. The molecule has 3 atom stereocenters. The summed E-state index contributed by atoms with van der Waals surface area (Å²) in [4.78, 5) is 2.75. The zero-order valence-electron chi connectivity index (χ0n) is 14.4. The fourth-order valence-electron chi connectivity index (χ4n) is 4.36. The van der Waals surface area contributed by atoms with Crippen molar-refractivity contribution in [1.29, 1.82) is 0 Å². The molecule has 0 bridgehead atoms.